The average Bonchev–Trinajstić information content (AvgIpc) is 2.90. The Kier molecular flexibility index (Phi) is 4.75. The van der Waals surface area contributed by atoms with E-state index >= 15 is 0 Å². The summed E-state index contributed by atoms with van der Waals surface area (Å²) < 4.78 is 18.2. The first-order chi connectivity index (χ1) is 9.97. The predicted molar refractivity (Wildman–Crippen MR) is 76.5 cm³/mol. The van der Waals surface area contributed by atoms with Gasteiger partial charge in [-0.05, 0) is 35.7 Å². The van der Waals surface area contributed by atoms with Crippen LogP contribution in [0.2, 0.25) is 0 Å². The van der Waals surface area contributed by atoms with Crippen molar-refractivity contribution >= 4 is 5.97 Å². The highest BCUT2D eigenvalue weighted by Gasteiger charge is 2.16. The van der Waals surface area contributed by atoms with Crippen LogP contribution in [0.15, 0.2) is 40.8 Å². The number of hydrogen-bond acceptors (Lipinski definition) is 3. The van der Waals surface area contributed by atoms with Crippen LogP contribution in [0, 0.1) is 11.7 Å². The van der Waals surface area contributed by atoms with Gasteiger partial charge in [-0.25, -0.2) is 9.18 Å². The van der Waals surface area contributed by atoms with Gasteiger partial charge in [0.1, 0.15) is 11.6 Å². The van der Waals surface area contributed by atoms with Crippen LogP contribution in [0.1, 0.15) is 41.8 Å². The van der Waals surface area contributed by atoms with Gasteiger partial charge in [0.25, 0.3) is 0 Å². The lowest BCUT2D eigenvalue weighted by molar-refractivity contribution is 0.0660. The molecule has 0 bridgehead atoms. The van der Waals surface area contributed by atoms with Gasteiger partial charge in [0.15, 0.2) is 0 Å². The Morgan fingerprint density at radius 2 is 1.90 bits per heavy atom. The Bertz CT molecular complexity index is 604. The molecule has 2 aromatic rings. The molecule has 4 nitrogen and oxygen atoms in total. The number of carboxylic acid groups (broad SMARTS) is 1. The number of nitrogens with one attached hydrogen (secondary N) is 1. The van der Waals surface area contributed by atoms with Crippen molar-refractivity contribution in [3.63, 3.8) is 0 Å². The maximum Gasteiger partial charge on any atom is 0.371 e. The molecule has 1 unspecified atom stereocenters. The largest absolute Gasteiger partial charge is 0.475 e. The first-order valence-electron chi connectivity index (χ1n) is 6.78. The molecule has 112 valence electrons. The fourth-order valence-corrected chi connectivity index (χ4v) is 2.21. The molecule has 2 N–H and O–H groups in total. The van der Waals surface area contributed by atoms with Crippen molar-refractivity contribution in [2.75, 3.05) is 0 Å². The molecule has 0 saturated carbocycles. The van der Waals surface area contributed by atoms with E-state index in [0.29, 0.717) is 18.2 Å². The summed E-state index contributed by atoms with van der Waals surface area (Å²) in [5, 5.41) is 12.1. The summed E-state index contributed by atoms with van der Waals surface area (Å²) >= 11 is 0. The molecule has 0 aliphatic heterocycles. The second-order valence-electron chi connectivity index (χ2n) is 5.23. The maximum absolute atomic E-state index is 13.0. The van der Waals surface area contributed by atoms with Crippen LogP contribution in [-0.2, 0) is 6.54 Å². The van der Waals surface area contributed by atoms with Gasteiger partial charge < -0.3 is 14.8 Å². The van der Waals surface area contributed by atoms with Gasteiger partial charge in [0.05, 0.1) is 6.54 Å². The number of benzene rings is 1. The molecule has 0 radical (unpaired) electrons. The van der Waals surface area contributed by atoms with Gasteiger partial charge in [0.2, 0.25) is 5.76 Å². The second kappa shape index (κ2) is 6.54. The summed E-state index contributed by atoms with van der Waals surface area (Å²) in [6, 6.07) is 9.46. The van der Waals surface area contributed by atoms with E-state index in [4.69, 9.17) is 9.52 Å². The number of aromatic carboxylic acids is 1. The van der Waals surface area contributed by atoms with Crippen LogP contribution in [0.4, 0.5) is 4.39 Å². The molecule has 2 rings (SSSR count). The van der Waals surface area contributed by atoms with Gasteiger partial charge in [-0.3, -0.25) is 0 Å². The summed E-state index contributed by atoms with van der Waals surface area (Å²) in [5.74, 6) is -0.571. The van der Waals surface area contributed by atoms with Crippen molar-refractivity contribution in [1.82, 2.24) is 5.32 Å². The van der Waals surface area contributed by atoms with Crippen LogP contribution in [0.25, 0.3) is 0 Å². The molecule has 1 aromatic carbocycles. The highest BCUT2D eigenvalue weighted by molar-refractivity contribution is 5.84. The lowest BCUT2D eigenvalue weighted by Crippen LogP contribution is -2.25. The number of halogens is 1. The number of carbonyl (C=O) groups is 1. The normalized spacial score (nSPS) is 12.6. The topological polar surface area (TPSA) is 62.5 Å². The molecule has 21 heavy (non-hydrogen) atoms. The molecule has 0 saturated heterocycles. The third kappa shape index (κ3) is 3.92. The van der Waals surface area contributed by atoms with E-state index in [1.807, 2.05) is 0 Å². The molecule has 1 atom stereocenters. The zero-order valence-corrected chi connectivity index (χ0v) is 12.0. The summed E-state index contributed by atoms with van der Waals surface area (Å²) in [7, 11) is 0. The van der Waals surface area contributed by atoms with Gasteiger partial charge in [-0.2, -0.15) is 0 Å². The molecule has 1 heterocycles. The molecule has 0 fully saturated rings. The number of hydrogen-bond donors (Lipinski definition) is 2. The van der Waals surface area contributed by atoms with E-state index in [0.717, 1.165) is 5.56 Å². The minimum Gasteiger partial charge on any atom is -0.475 e. The minimum absolute atomic E-state index is 0.0315. The number of carboxylic acids is 1. The highest BCUT2D eigenvalue weighted by Crippen LogP contribution is 2.22. The van der Waals surface area contributed by atoms with E-state index in [2.05, 4.69) is 19.2 Å². The smallest absolute Gasteiger partial charge is 0.371 e. The minimum atomic E-state index is -1.08. The fraction of sp³-hybridized carbons (Fsp3) is 0.312. The van der Waals surface area contributed by atoms with Crippen molar-refractivity contribution in [1.29, 1.82) is 0 Å². The molecule has 0 amide bonds. The first kappa shape index (κ1) is 15.3. The summed E-state index contributed by atoms with van der Waals surface area (Å²) in [5.41, 5.74) is 0.983. The van der Waals surface area contributed by atoms with Crippen LogP contribution in [-0.4, -0.2) is 11.1 Å². The quantitative estimate of drug-likeness (QED) is 0.853. The van der Waals surface area contributed by atoms with E-state index in [1.165, 1.54) is 18.2 Å². The van der Waals surface area contributed by atoms with Crippen LogP contribution in [0.5, 0.6) is 0 Å². The second-order valence-corrected chi connectivity index (χ2v) is 5.23. The van der Waals surface area contributed by atoms with E-state index < -0.39 is 5.97 Å². The van der Waals surface area contributed by atoms with Gasteiger partial charge >= 0.3 is 5.97 Å². The number of rotatable bonds is 6. The summed E-state index contributed by atoms with van der Waals surface area (Å²) in [6.07, 6.45) is 0. The molecule has 0 aliphatic carbocycles. The first-order valence-corrected chi connectivity index (χ1v) is 6.78. The van der Waals surface area contributed by atoms with Gasteiger partial charge in [0, 0.05) is 6.04 Å². The molecular formula is C16H18FNO3. The van der Waals surface area contributed by atoms with E-state index in [1.54, 1.807) is 18.2 Å². The molecular weight excluding hydrogens is 273 g/mol. The van der Waals surface area contributed by atoms with Crippen molar-refractivity contribution in [3.05, 3.63) is 59.3 Å². The maximum atomic E-state index is 13.0. The van der Waals surface area contributed by atoms with Crippen LogP contribution >= 0.6 is 0 Å². The van der Waals surface area contributed by atoms with Crippen molar-refractivity contribution in [2.45, 2.75) is 26.4 Å². The molecule has 5 heteroatoms. The Hall–Kier alpha value is -2.14. The highest BCUT2D eigenvalue weighted by atomic mass is 19.1. The standard InChI is InChI=1S/C16H18FNO3/c1-10(2)15(11-3-5-12(17)6-4-11)18-9-13-7-8-14(21-13)16(19)20/h3-8,10,15,18H,9H2,1-2H3,(H,19,20). The average molecular weight is 291 g/mol. The van der Waals surface area contributed by atoms with Gasteiger partial charge in [-0.1, -0.05) is 26.0 Å². The molecule has 1 aromatic heterocycles. The van der Waals surface area contributed by atoms with E-state index in [9.17, 15) is 9.18 Å². The van der Waals surface area contributed by atoms with Crippen molar-refractivity contribution < 1.29 is 18.7 Å². The monoisotopic (exact) mass is 291 g/mol. The van der Waals surface area contributed by atoms with E-state index in [-0.39, 0.29) is 17.6 Å². The number of furan rings is 1. The third-order valence-corrected chi connectivity index (χ3v) is 3.26. The Labute approximate surface area is 122 Å². The lowest BCUT2D eigenvalue weighted by Gasteiger charge is -2.22. The van der Waals surface area contributed by atoms with Crippen LogP contribution in [0.3, 0.4) is 0 Å². The molecule has 0 aliphatic rings. The van der Waals surface area contributed by atoms with Gasteiger partial charge in [-0.15, -0.1) is 0 Å². The SMILES string of the molecule is CC(C)C(NCc1ccc(C(=O)O)o1)c1ccc(F)cc1. The zero-order valence-electron chi connectivity index (χ0n) is 12.0. The van der Waals surface area contributed by atoms with Crippen molar-refractivity contribution in [2.24, 2.45) is 5.92 Å². The fourth-order valence-electron chi connectivity index (χ4n) is 2.21. The zero-order chi connectivity index (χ0) is 15.4. The predicted octanol–water partition coefficient (Wildman–Crippen LogP) is 3.60. The van der Waals surface area contributed by atoms with Crippen molar-refractivity contribution in [3.8, 4) is 0 Å². The summed E-state index contributed by atoms with van der Waals surface area (Å²) in [6.45, 7) is 4.53. The lowest BCUT2D eigenvalue weighted by atomic mass is 9.96. The third-order valence-electron chi connectivity index (χ3n) is 3.26. The Morgan fingerprint density at radius 3 is 2.43 bits per heavy atom. The van der Waals surface area contributed by atoms with Crippen LogP contribution < -0.4 is 5.32 Å². The summed E-state index contributed by atoms with van der Waals surface area (Å²) in [4.78, 5) is 10.8. The Balaban J connectivity index is 2.06. The Morgan fingerprint density at radius 1 is 1.24 bits per heavy atom. The molecule has 0 spiro atoms.